The smallest absolute Gasteiger partial charge is 0.407 e. The highest BCUT2D eigenvalue weighted by Crippen LogP contribution is 2.27. The Kier molecular flexibility index (Phi) is 5.90. The van der Waals surface area contributed by atoms with Crippen molar-refractivity contribution in [1.82, 2.24) is 5.32 Å². The zero-order valence-corrected chi connectivity index (χ0v) is 15.8. The van der Waals surface area contributed by atoms with Gasteiger partial charge in [0, 0.05) is 31.1 Å². The van der Waals surface area contributed by atoms with Crippen LogP contribution in [-0.4, -0.2) is 38.3 Å². The number of rotatable bonds is 5. The minimum atomic E-state index is -4.62. The summed E-state index contributed by atoms with van der Waals surface area (Å²) in [5, 5.41) is 2.63. The number of benzene rings is 1. The largest absolute Gasteiger partial charge is 0.444 e. The van der Waals surface area contributed by atoms with Gasteiger partial charge in [0.15, 0.2) is 0 Å². The van der Waals surface area contributed by atoms with E-state index in [-0.39, 0.29) is 25.4 Å². The Hall–Kier alpha value is -2.16. The minimum absolute atomic E-state index is 0.0104. The van der Waals surface area contributed by atoms with Crippen LogP contribution in [0.1, 0.15) is 32.8 Å². The van der Waals surface area contributed by atoms with Crippen LogP contribution in [-0.2, 0) is 26.3 Å². The van der Waals surface area contributed by atoms with Crippen molar-refractivity contribution in [2.75, 3.05) is 17.2 Å². The quantitative estimate of drug-likeness (QED) is 0.784. The van der Waals surface area contributed by atoms with Gasteiger partial charge in [0.25, 0.3) is 0 Å². The molecule has 1 fully saturated rings. The van der Waals surface area contributed by atoms with E-state index in [0.29, 0.717) is 5.69 Å². The van der Waals surface area contributed by atoms with E-state index in [1.807, 2.05) is 0 Å². The van der Waals surface area contributed by atoms with Crippen LogP contribution < -0.4 is 10.2 Å². The van der Waals surface area contributed by atoms with Gasteiger partial charge in [0.05, 0.1) is 5.75 Å². The summed E-state index contributed by atoms with van der Waals surface area (Å²) in [6, 6.07) is 6.95. The maximum absolute atomic E-state index is 12.8. The average Bonchev–Trinajstić information content (AvgIpc) is 2.82. The number of nitrogens with one attached hydrogen (secondary N) is 1. The Morgan fingerprint density at radius 3 is 2.69 bits per heavy atom. The molecule has 1 aromatic rings. The lowest BCUT2D eigenvalue weighted by Crippen LogP contribution is -2.32. The molecule has 0 bridgehead atoms. The fourth-order valence-corrected chi connectivity index (χ4v) is 3.53. The van der Waals surface area contributed by atoms with E-state index in [1.54, 1.807) is 45.0 Å². The molecule has 0 saturated carbocycles. The Bertz CT molecular complexity index is 789. The normalized spacial score (nSPS) is 18.1. The van der Waals surface area contributed by atoms with Crippen molar-refractivity contribution in [1.29, 1.82) is 0 Å². The number of alkyl carbamates (subject to hydrolysis) is 1. The van der Waals surface area contributed by atoms with Crippen LogP contribution in [0, 0.1) is 5.92 Å². The fraction of sp³-hybridized carbons (Fsp3) is 0.529. The van der Waals surface area contributed by atoms with Crippen molar-refractivity contribution in [3.8, 4) is 0 Å². The summed E-state index contributed by atoms with van der Waals surface area (Å²) >= 11 is 0. The second-order valence-corrected chi connectivity index (χ2v) is 8.72. The van der Waals surface area contributed by atoms with Crippen LogP contribution in [0.4, 0.5) is 14.4 Å². The van der Waals surface area contributed by atoms with Gasteiger partial charge in [-0.05, 0) is 38.5 Å². The molecule has 1 N–H and O–H groups in total. The highest BCUT2D eigenvalue weighted by molar-refractivity contribution is 7.86. The van der Waals surface area contributed by atoms with E-state index in [9.17, 15) is 21.9 Å². The SMILES string of the molecule is CC(C)(C)OC(=O)NCc1cccc(N2CC(CS(=O)(=O)F)CC2=O)c1. The third-order valence-electron chi connectivity index (χ3n) is 3.70. The molecule has 1 aromatic carbocycles. The van der Waals surface area contributed by atoms with Gasteiger partial charge < -0.3 is 15.0 Å². The standard InChI is InChI=1S/C17H23FN2O5S/c1-17(2,3)25-16(22)19-9-12-5-4-6-14(7-12)20-10-13(8-15(20)21)11-26(18,23)24/h4-7,13H,8-11H2,1-3H3,(H,19,22). The molecule has 144 valence electrons. The average molecular weight is 386 g/mol. The Morgan fingerprint density at radius 2 is 2.08 bits per heavy atom. The number of nitrogens with zero attached hydrogens (tertiary/aromatic N) is 1. The molecule has 2 amide bonds. The molecule has 7 nitrogen and oxygen atoms in total. The predicted molar refractivity (Wildman–Crippen MR) is 94.9 cm³/mol. The number of anilines is 1. The Balaban J connectivity index is 2.00. The van der Waals surface area contributed by atoms with Crippen LogP contribution in [0.25, 0.3) is 0 Å². The zero-order chi connectivity index (χ0) is 19.5. The molecule has 0 aromatic heterocycles. The summed E-state index contributed by atoms with van der Waals surface area (Å²) in [5.74, 6) is -1.48. The highest BCUT2D eigenvalue weighted by Gasteiger charge is 2.33. The number of carbonyl (C=O) groups excluding carboxylic acids is 2. The lowest BCUT2D eigenvalue weighted by atomic mass is 10.1. The first kappa shape index (κ1) is 20.2. The number of carbonyl (C=O) groups is 2. The topological polar surface area (TPSA) is 92.8 Å². The lowest BCUT2D eigenvalue weighted by molar-refractivity contribution is -0.117. The zero-order valence-electron chi connectivity index (χ0n) is 15.0. The first-order chi connectivity index (χ1) is 11.9. The maximum atomic E-state index is 12.8. The summed E-state index contributed by atoms with van der Waals surface area (Å²) in [4.78, 5) is 25.3. The minimum Gasteiger partial charge on any atom is -0.444 e. The molecule has 0 aliphatic carbocycles. The first-order valence-corrected chi connectivity index (χ1v) is 9.77. The van der Waals surface area contributed by atoms with Crippen LogP contribution in [0.15, 0.2) is 24.3 Å². The molecule has 1 aliphatic rings. The van der Waals surface area contributed by atoms with E-state index in [4.69, 9.17) is 4.74 Å². The van der Waals surface area contributed by atoms with Gasteiger partial charge in [-0.15, -0.1) is 3.89 Å². The van der Waals surface area contributed by atoms with Crippen molar-refractivity contribution in [2.45, 2.75) is 39.3 Å². The monoisotopic (exact) mass is 386 g/mol. The van der Waals surface area contributed by atoms with Crippen molar-refractivity contribution >= 4 is 27.9 Å². The lowest BCUT2D eigenvalue weighted by Gasteiger charge is -2.20. The molecule has 0 spiro atoms. The molecular weight excluding hydrogens is 363 g/mol. The molecule has 1 atom stereocenters. The van der Waals surface area contributed by atoms with Crippen LogP contribution in [0.3, 0.4) is 0 Å². The van der Waals surface area contributed by atoms with E-state index < -0.39 is 33.6 Å². The number of hydrogen-bond acceptors (Lipinski definition) is 5. The summed E-state index contributed by atoms with van der Waals surface area (Å²) in [5.41, 5.74) is 0.736. The van der Waals surface area contributed by atoms with E-state index in [1.165, 1.54) is 4.90 Å². The highest BCUT2D eigenvalue weighted by atomic mass is 32.3. The predicted octanol–water partition coefficient (Wildman–Crippen LogP) is 2.36. The Labute approximate surface area is 152 Å². The summed E-state index contributed by atoms with van der Waals surface area (Å²) in [7, 11) is -4.62. The molecule has 1 aliphatic heterocycles. The van der Waals surface area contributed by atoms with Crippen LogP contribution in [0.2, 0.25) is 0 Å². The second-order valence-electron chi connectivity index (χ2n) is 7.31. The van der Waals surface area contributed by atoms with Gasteiger partial charge >= 0.3 is 16.3 Å². The number of amides is 2. The Morgan fingerprint density at radius 1 is 1.38 bits per heavy atom. The summed E-state index contributed by atoms with van der Waals surface area (Å²) < 4.78 is 39.6. The van der Waals surface area contributed by atoms with Crippen LogP contribution >= 0.6 is 0 Å². The van der Waals surface area contributed by atoms with Gasteiger partial charge in [-0.2, -0.15) is 8.42 Å². The fourth-order valence-electron chi connectivity index (χ4n) is 2.75. The van der Waals surface area contributed by atoms with Crippen molar-refractivity contribution in [3.63, 3.8) is 0 Å². The number of halogens is 1. The molecule has 1 saturated heterocycles. The van der Waals surface area contributed by atoms with E-state index in [2.05, 4.69) is 5.32 Å². The van der Waals surface area contributed by atoms with Gasteiger partial charge in [0.1, 0.15) is 5.60 Å². The van der Waals surface area contributed by atoms with Gasteiger partial charge in [-0.25, -0.2) is 4.79 Å². The molecule has 9 heteroatoms. The van der Waals surface area contributed by atoms with Gasteiger partial charge in [-0.3, -0.25) is 4.79 Å². The summed E-state index contributed by atoms with van der Waals surface area (Å²) in [6.45, 7) is 5.65. The first-order valence-electron chi connectivity index (χ1n) is 8.21. The van der Waals surface area contributed by atoms with Crippen molar-refractivity contribution < 1.29 is 26.6 Å². The van der Waals surface area contributed by atoms with Crippen molar-refractivity contribution in [3.05, 3.63) is 29.8 Å². The second kappa shape index (κ2) is 7.61. The third kappa shape index (κ3) is 6.29. The van der Waals surface area contributed by atoms with Gasteiger partial charge in [-0.1, -0.05) is 12.1 Å². The van der Waals surface area contributed by atoms with Crippen LogP contribution in [0.5, 0.6) is 0 Å². The summed E-state index contributed by atoms with van der Waals surface area (Å²) in [6.07, 6.45) is -0.558. The maximum Gasteiger partial charge on any atom is 0.407 e. The van der Waals surface area contributed by atoms with E-state index >= 15 is 0 Å². The van der Waals surface area contributed by atoms with Gasteiger partial charge in [0.2, 0.25) is 5.91 Å². The van der Waals surface area contributed by atoms with E-state index in [0.717, 1.165) is 5.56 Å². The number of hydrogen-bond donors (Lipinski definition) is 1. The molecule has 2 rings (SSSR count). The molecule has 0 radical (unpaired) electrons. The molecular formula is C17H23FN2O5S. The molecule has 26 heavy (non-hydrogen) atoms. The molecule has 1 heterocycles. The third-order valence-corrected chi connectivity index (χ3v) is 4.57. The molecule has 1 unspecified atom stereocenters. The van der Waals surface area contributed by atoms with Crippen molar-refractivity contribution in [2.24, 2.45) is 5.92 Å². The number of ether oxygens (including phenoxy) is 1.